The summed E-state index contributed by atoms with van der Waals surface area (Å²) in [5.74, 6) is -0.240. The summed E-state index contributed by atoms with van der Waals surface area (Å²) in [6.45, 7) is 1.12. The van der Waals surface area contributed by atoms with Crippen molar-refractivity contribution in [3.63, 3.8) is 0 Å². The van der Waals surface area contributed by atoms with E-state index in [-0.39, 0.29) is 11.3 Å². The molecule has 24 heavy (non-hydrogen) atoms. The molecule has 0 bridgehead atoms. The Morgan fingerprint density at radius 1 is 1.25 bits per heavy atom. The number of fused-ring (bicyclic) bond motifs is 1. The third kappa shape index (κ3) is 3.16. The number of aromatic nitrogens is 2. The summed E-state index contributed by atoms with van der Waals surface area (Å²) in [7, 11) is -1.68. The summed E-state index contributed by atoms with van der Waals surface area (Å²) in [5, 5.41) is 8.81. The van der Waals surface area contributed by atoms with Crippen LogP contribution in [0.25, 0.3) is 11.0 Å². The van der Waals surface area contributed by atoms with Crippen molar-refractivity contribution in [2.45, 2.75) is 37.0 Å². The zero-order chi connectivity index (χ0) is 17.3. The SMILES string of the molecule is Cn1c(CCC(=O)O)nc2cc(S(=O)(=O)N3CCCCC3)ccc21. The number of hydrogen-bond donors (Lipinski definition) is 1. The van der Waals surface area contributed by atoms with Crippen molar-refractivity contribution in [3.8, 4) is 0 Å². The van der Waals surface area contributed by atoms with E-state index in [1.807, 2.05) is 11.6 Å². The van der Waals surface area contributed by atoms with Crippen LogP contribution in [0.4, 0.5) is 0 Å². The highest BCUT2D eigenvalue weighted by Crippen LogP contribution is 2.24. The Hall–Kier alpha value is -1.93. The van der Waals surface area contributed by atoms with Gasteiger partial charge < -0.3 is 9.67 Å². The van der Waals surface area contributed by atoms with Crippen molar-refractivity contribution in [1.82, 2.24) is 13.9 Å². The largest absolute Gasteiger partial charge is 0.481 e. The molecule has 2 heterocycles. The number of imidazole rings is 1. The monoisotopic (exact) mass is 351 g/mol. The minimum Gasteiger partial charge on any atom is -0.481 e. The second-order valence-corrected chi connectivity index (χ2v) is 8.03. The molecule has 1 aromatic carbocycles. The second-order valence-electron chi connectivity index (χ2n) is 6.10. The Morgan fingerprint density at radius 2 is 1.96 bits per heavy atom. The number of carbonyl (C=O) groups is 1. The highest BCUT2D eigenvalue weighted by molar-refractivity contribution is 7.89. The van der Waals surface area contributed by atoms with Crippen molar-refractivity contribution in [3.05, 3.63) is 24.0 Å². The number of hydrogen-bond acceptors (Lipinski definition) is 4. The molecule has 8 heteroatoms. The molecule has 130 valence electrons. The highest BCUT2D eigenvalue weighted by atomic mass is 32.2. The number of rotatable bonds is 5. The minimum atomic E-state index is -3.49. The number of nitrogens with zero attached hydrogens (tertiary/aromatic N) is 3. The Kier molecular flexibility index (Phi) is 4.60. The molecule has 1 aromatic heterocycles. The van der Waals surface area contributed by atoms with Gasteiger partial charge in [0, 0.05) is 26.6 Å². The molecule has 0 spiro atoms. The van der Waals surface area contributed by atoms with Gasteiger partial charge in [0.2, 0.25) is 10.0 Å². The van der Waals surface area contributed by atoms with Crippen LogP contribution in [0.15, 0.2) is 23.1 Å². The lowest BCUT2D eigenvalue weighted by Gasteiger charge is -2.25. The number of piperidine rings is 1. The molecule has 3 rings (SSSR count). The Labute approximate surface area is 141 Å². The smallest absolute Gasteiger partial charge is 0.303 e. The average molecular weight is 351 g/mol. The van der Waals surface area contributed by atoms with Crippen LogP contribution in [0.1, 0.15) is 31.5 Å². The van der Waals surface area contributed by atoms with Crippen LogP contribution in [0.5, 0.6) is 0 Å². The first kappa shape index (κ1) is 16.9. The van der Waals surface area contributed by atoms with E-state index < -0.39 is 16.0 Å². The number of aryl methyl sites for hydroxylation is 2. The molecule has 1 fully saturated rings. The number of carboxylic acid groups (broad SMARTS) is 1. The first-order valence-electron chi connectivity index (χ1n) is 8.07. The molecule has 0 radical (unpaired) electrons. The van der Waals surface area contributed by atoms with Gasteiger partial charge in [0.1, 0.15) is 5.82 Å². The zero-order valence-electron chi connectivity index (χ0n) is 13.6. The summed E-state index contributed by atoms with van der Waals surface area (Å²) in [6, 6.07) is 4.93. The summed E-state index contributed by atoms with van der Waals surface area (Å²) in [4.78, 5) is 15.4. The van der Waals surface area contributed by atoms with Gasteiger partial charge >= 0.3 is 5.97 Å². The van der Waals surface area contributed by atoms with E-state index in [4.69, 9.17) is 5.11 Å². The number of benzene rings is 1. The Balaban J connectivity index is 1.94. The van der Waals surface area contributed by atoms with Gasteiger partial charge in [0.15, 0.2) is 0 Å². The average Bonchev–Trinajstić information content (AvgIpc) is 2.89. The van der Waals surface area contributed by atoms with E-state index in [9.17, 15) is 13.2 Å². The lowest BCUT2D eigenvalue weighted by atomic mass is 10.2. The minimum absolute atomic E-state index is 0.00387. The van der Waals surface area contributed by atoms with E-state index in [1.165, 1.54) is 4.31 Å². The number of carboxylic acids is 1. The molecule has 0 aliphatic carbocycles. The maximum Gasteiger partial charge on any atom is 0.303 e. The van der Waals surface area contributed by atoms with Crippen LogP contribution in [0.2, 0.25) is 0 Å². The maximum atomic E-state index is 12.8. The van der Waals surface area contributed by atoms with E-state index in [0.717, 1.165) is 24.8 Å². The number of sulfonamides is 1. The van der Waals surface area contributed by atoms with E-state index in [1.54, 1.807) is 18.2 Å². The first-order chi connectivity index (χ1) is 11.4. The van der Waals surface area contributed by atoms with Crippen molar-refractivity contribution < 1.29 is 18.3 Å². The predicted octanol–water partition coefficient (Wildman–Crippen LogP) is 1.77. The third-order valence-electron chi connectivity index (χ3n) is 4.46. The van der Waals surface area contributed by atoms with Gasteiger partial charge in [-0.1, -0.05) is 6.42 Å². The van der Waals surface area contributed by atoms with Gasteiger partial charge in [-0.15, -0.1) is 0 Å². The van der Waals surface area contributed by atoms with Gasteiger partial charge in [-0.05, 0) is 31.0 Å². The van der Waals surface area contributed by atoms with E-state index in [0.29, 0.717) is 30.9 Å². The molecule has 1 aliphatic heterocycles. The fraction of sp³-hybridized carbons (Fsp3) is 0.500. The molecule has 0 amide bonds. The lowest BCUT2D eigenvalue weighted by molar-refractivity contribution is -0.137. The Bertz CT molecular complexity index is 867. The topological polar surface area (TPSA) is 92.5 Å². The van der Waals surface area contributed by atoms with E-state index >= 15 is 0 Å². The molecule has 2 aromatic rings. The molecule has 0 unspecified atom stereocenters. The van der Waals surface area contributed by atoms with Crippen LogP contribution in [0, 0.1) is 0 Å². The van der Waals surface area contributed by atoms with Gasteiger partial charge in [-0.2, -0.15) is 4.31 Å². The first-order valence-corrected chi connectivity index (χ1v) is 9.51. The molecular weight excluding hydrogens is 330 g/mol. The zero-order valence-corrected chi connectivity index (χ0v) is 14.4. The van der Waals surface area contributed by atoms with Crippen LogP contribution in [-0.2, 0) is 28.3 Å². The molecule has 0 saturated carbocycles. The highest BCUT2D eigenvalue weighted by Gasteiger charge is 2.26. The number of aliphatic carboxylic acids is 1. The van der Waals surface area contributed by atoms with Crippen molar-refractivity contribution in [1.29, 1.82) is 0 Å². The molecule has 1 N–H and O–H groups in total. The fourth-order valence-corrected chi connectivity index (χ4v) is 4.62. The van der Waals surface area contributed by atoms with Gasteiger partial charge in [-0.25, -0.2) is 13.4 Å². The Morgan fingerprint density at radius 3 is 2.62 bits per heavy atom. The quantitative estimate of drug-likeness (QED) is 0.886. The van der Waals surface area contributed by atoms with Crippen molar-refractivity contribution in [2.24, 2.45) is 7.05 Å². The van der Waals surface area contributed by atoms with Crippen molar-refractivity contribution in [2.75, 3.05) is 13.1 Å². The maximum absolute atomic E-state index is 12.8. The summed E-state index contributed by atoms with van der Waals surface area (Å²) in [6.07, 6.45) is 3.16. The van der Waals surface area contributed by atoms with Gasteiger partial charge in [0.05, 0.1) is 22.3 Å². The molecule has 0 atom stereocenters. The molecule has 1 aliphatic rings. The van der Waals surface area contributed by atoms with Crippen LogP contribution < -0.4 is 0 Å². The van der Waals surface area contributed by atoms with Crippen molar-refractivity contribution >= 4 is 27.0 Å². The molecule has 7 nitrogen and oxygen atoms in total. The standard InChI is InChI=1S/C16H21N3O4S/c1-18-14-6-5-12(24(22,23)19-9-3-2-4-10-19)11-13(14)17-15(18)7-8-16(20)21/h5-6,11H,2-4,7-10H2,1H3,(H,20,21). The second kappa shape index (κ2) is 6.52. The lowest BCUT2D eigenvalue weighted by Crippen LogP contribution is -2.35. The van der Waals surface area contributed by atoms with Gasteiger partial charge in [0.25, 0.3) is 0 Å². The normalized spacial score (nSPS) is 16.5. The third-order valence-corrected chi connectivity index (χ3v) is 6.35. The van der Waals surface area contributed by atoms with E-state index in [2.05, 4.69) is 4.98 Å². The predicted molar refractivity (Wildman–Crippen MR) is 89.3 cm³/mol. The molecular formula is C16H21N3O4S. The van der Waals surface area contributed by atoms with Gasteiger partial charge in [-0.3, -0.25) is 4.79 Å². The van der Waals surface area contributed by atoms with Crippen LogP contribution in [0.3, 0.4) is 0 Å². The summed E-state index contributed by atoms with van der Waals surface area (Å²) >= 11 is 0. The van der Waals surface area contributed by atoms with Crippen LogP contribution >= 0.6 is 0 Å². The molecule has 1 saturated heterocycles. The fourth-order valence-electron chi connectivity index (χ4n) is 3.09. The summed E-state index contributed by atoms with van der Waals surface area (Å²) < 4.78 is 28.9. The summed E-state index contributed by atoms with van der Waals surface area (Å²) in [5.41, 5.74) is 1.38. The van der Waals surface area contributed by atoms with Crippen LogP contribution in [-0.4, -0.2) is 46.4 Å².